The molecule has 1 atom stereocenters. The molecule has 0 aromatic heterocycles. The molecular formula is C16H16ClF2N. The first-order valence-corrected chi connectivity index (χ1v) is 6.85. The molecule has 0 aliphatic heterocycles. The lowest BCUT2D eigenvalue weighted by Gasteiger charge is -2.16. The van der Waals surface area contributed by atoms with E-state index in [1.807, 2.05) is 6.07 Å². The number of hydrogen-bond donors (Lipinski definition) is 1. The molecule has 1 nitrogen and oxygen atoms in total. The Labute approximate surface area is 122 Å². The number of rotatable bonds is 5. The Balaban J connectivity index is 2.11. The summed E-state index contributed by atoms with van der Waals surface area (Å²) in [4.78, 5) is 0. The molecule has 1 unspecified atom stereocenters. The van der Waals surface area contributed by atoms with Crippen LogP contribution in [-0.2, 0) is 12.8 Å². The average Bonchev–Trinajstić information content (AvgIpc) is 2.43. The molecule has 2 aromatic rings. The maximum atomic E-state index is 13.4. The lowest BCUT2D eigenvalue weighted by atomic mass is 9.92. The minimum absolute atomic E-state index is 0.0936. The van der Waals surface area contributed by atoms with Gasteiger partial charge in [0, 0.05) is 0 Å². The van der Waals surface area contributed by atoms with Gasteiger partial charge in [0.2, 0.25) is 0 Å². The molecule has 106 valence electrons. The van der Waals surface area contributed by atoms with E-state index in [9.17, 15) is 8.78 Å². The molecule has 0 saturated carbocycles. The number of nitrogens with two attached hydrogens (primary N) is 1. The van der Waals surface area contributed by atoms with Crippen molar-refractivity contribution in [3.63, 3.8) is 0 Å². The molecule has 0 aliphatic carbocycles. The Morgan fingerprint density at radius 2 is 1.80 bits per heavy atom. The van der Waals surface area contributed by atoms with Crippen molar-refractivity contribution in [3.05, 3.63) is 70.2 Å². The van der Waals surface area contributed by atoms with Gasteiger partial charge in [0.25, 0.3) is 0 Å². The summed E-state index contributed by atoms with van der Waals surface area (Å²) in [5.74, 6) is -0.594. The van der Waals surface area contributed by atoms with Crippen LogP contribution in [-0.4, -0.2) is 6.54 Å². The van der Waals surface area contributed by atoms with Gasteiger partial charge in [-0.1, -0.05) is 35.9 Å². The van der Waals surface area contributed by atoms with Crippen LogP contribution in [0.3, 0.4) is 0 Å². The predicted molar refractivity (Wildman–Crippen MR) is 77.8 cm³/mol. The van der Waals surface area contributed by atoms with Gasteiger partial charge in [-0.2, -0.15) is 0 Å². The standard InChI is InChI=1S/C16H16ClF2N/c17-16-13(4-2-6-15(16)19)8-12(10-20)7-11-3-1-5-14(18)9-11/h1-6,9,12H,7-8,10,20H2. The van der Waals surface area contributed by atoms with E-state index in [1.165, 1.54) is 18.2 Å². The molecular weight excluding hydrogens is 280 g/mol. The Bertz CT molecular complexity index is 586. The summed E-state index contributed by atoms with van der Waals surface area (Å²) in [6.45, 7) is 0.434. The predicted octanol–water partition coefficient (Wildman–Crippen LogP) is 3.98. The second-order valence-electron chi connectivity index (χ2n) is 4.85. The Morgan fingerprint density at radius 1 is 1.05 bits per heavy atom. The van der Waals surface area contributed by atoms with Gasteiger partial charge >= 0.3 is 0 Å². The molecule has 0 bridgehead atoms. The second kappa shape index (κ2) is 6.82. The summed E-state index contributed by atoms with van der Waals surface area (Å²) in [5.41, 5.74) is 7.38. The van der Waals surface area contributed by atoms with Gasteiger partial charge < -0.3 is 5.73 Å². The van der Waals surface area contributed by atoms with Crippen molar-refractivity contribution in [1.29, 1.82) is 0 Å². The number of hydrogen-bond acceptors (Lipinski definition) is 1. The Kier molecular flexibility index (Phi) is 5.10. The van der Waals surface area contributed by atoms with Gasteiger partial charge in [0.1, 0.15) is 11.6 Å². The van der Waals surface area contributed by atoms with Crippen molar-refractivity contribution in [2.75, 3.05) is 6.54 Å². The van der Waals surface area contributed by atoms with Gasteiger partial charge in [0.15, 0.2) is 0 Å². The highest BCUT2D eigenvalue weighted by Crippen LogP contribution is 2.23. The molecule has 2 N–H and O–H groups in total. The van der Waals surface area contributed by atoms with Crippen molar-refractivity contribution < 1.29 is 8.78 Å². The van der Waals surface area contributed by atoms with Crippen molar-refractivity contribution in [2.24, 2.45) is 11.7 Å². The molecule has 0 heterocycles. The summed E-state index contributed by atoms with van der Waals surface area (Å²) in [6.07, 6.45) is 1.21. The Hall–Kier alpha value is -1.45. The highest BCUT2D eigenvalue weighted by atomic mass is 35.5. The van der Waals surface area contributed by atoms with E-state index >= 15 is 0 Å². The van der Waals surface area contributed by atoms with Gasteiger partial charge in [-0.05, 0) is 54.6 Å². The van der Waals surface area contributed by atoms with Gasteiger partial charge in [-0.25, -0.2) is 8.78 Å². The maximum absolute atomic E-state index is 13.4. The molecule has 2 aromatic carbocycles. The van der Waals surface area contributed by atoms with Crippen LogP contribution in [0.25, 0.3) is 0 Å². The van der Waals surface area contributed by atoms with Crippen molar-refractivity contribution in [1.82, 2.24) is 0 Å². The quantitative estimate of drug-likeness (QED) is 0.887. The normalized spacial score (nSPS) is 12.4. The van der Waals surface area contributed by atoms with E-state index in [0.29, 0.717) is 19.4 Å². The summed E-state index contributed by atoms with van der Waals surface area (Å²) in [6, 6.07) is 11.2. The maximum Gasteiger partial charge on any atom is 0.142 e. The summed E-state index contributed by atoms with van der Waals surface area (Å²) >= 11 is 5.95. The summed E-state index contributed by atoms with van der Waals surface area (Å²) < 4.78 is 26.6. The Morgan fingerprint density at radius 3 is 2.50 bits per heavy atom. The average molecular weight is 296 g/mol. The van der Waals surface area contributed by atoms with Gasteiger partial charge in [0.05, 0.1) is 5.02 Å². The molecule has 0 aliphatic rings. The van der Waals surface area contributed by atoms with E-state index in [4.69, 9.17) is 17.3 Å². The van der Waals surface area contributed by atoms with Crippen LogP contribution in [0.4, 0.5) is 8.78 Å². The molecule has 20 heavy (non-hydrogen) atoms. The van der Waals surface area contributed by atoms with Crippen LogP contribution < -0.4 is 5.73 Å². The molecule has 0 amide bonds. The van der Waals surface area contributed by atoms with Crippen LogP contribution in [0, 0.1) is 17.6 Å². The van der Waals surface area contributed by atoms with E-state index < -0.39 is 5.82 Å². The van der Waals surface area contributed by atoms with Crippen LogP contribution in [0.2, 0.25) is 5.02 Å². The molecule has 2 rings (SSSR count). The first-order valence-electron chi connectivity index (χ1n) is 6.47. The zero-order chi connectivity index (χ0) is 14.5. The van der Waals surface area contributed by atoms with E-state index in [2.05, 4.69) is 0 Å². The largest absolute Gasteiger partial charge is 0.330 e. The molecule has 4 heteroatoms. The third-order valence-electron chi connectivity index (χ3n) is 3.29. The van der Waals surface area contributed by atoms with Gasteiger partial charge in [-0.3, -0.25) is 0 Å². The highest BCUT2D eigenvalue weighted by molar-refractivity contribution is 6.31. The molecule has 0 saturated heterocycles. The molecule has 0 spiro atoms. The highest BCUT2D eigenvalue weighted by Gasteiger charge is 2.13. The zero-order valence-corrected chi connectivity index (χ0v) is 11.7. The minimum Gasteiger partial charge on any atom is -0.330 e. The summed E-state index contributed by atoms with van der Waals surface area (Å²) in [5, 5.41) is 0.144. The SMILES string of the molecule is NCC(Cc1cccc(F)c1)Cc1cccc(F)c1Cl. The fourth-order valence-corrected chi connectivity index (χ4v) is 2.46. The lowest BCUT2D eigenvalue weighted by molar-refractivity contribution is 0.528. The second-order valence-corrected chi connectivity index (χ2v) is 5.23. The van der Waals surface area contributed by atoms with Crippen molar-refractivity contribution in [3.8, 4) is 0 Å². The third kappa shape index (κ3) is 3.78. The third-order valence-corrected chi connectivity index (χ3v) is 3.71. The fraction of sp³-hybridized carbons (Fsp3) is 0.250. The first-order chi connectivity index (χ1) is 9.60. The summed E-state index contributed by atoms with van der Waals surface area (Å²) in [7, 11) is 0. The van der Waals surface area contributed by atoms with Crippen LogP contribution in [0.5, 0.6) is 0 Å². The van der Waals surface area contributed by atoms with Gasteiger partial charge in [-0.15, -0.1) is 0 Å². The first kappa shape index (κ1) is 14.9. The topological polar surface area (TPSA) is 26.0 Å². The number of halogens is 3. The van der Waals surface area contributed by atoms with E-state index in [0.717, 1.165) is 11.1 Å². The monoisotopic (exact) mass is 295 g/mol. The number of benzene rings is 2. The minimum atomic E-state index is -0.425. The smallest absolute Gasteiger partial charge is 0.142 e. The van der Waals surface area contributed by atoms with Crippen LogP contribution >= 0.6 is 11.6 Å². The van der Waals surface area contributed by atoms with Crippen molar-refractivity contribution >= 4 is 11.6 Å². The molecule has 0 fully saturated rings. The van der Waals surface area contributed by atoms with Crippen LogP contribution in [0.1, 0.15) is 11.1 Å². The van der Waals surface area contributed by atoms with Crippen molar-refractivity contribution in [2.45, 2.75) is 12.8 Å². The lowest BCUT2D eigenvalue weighted by Crippen LogP contribution is -2.19. The molecule has 0 radical (unpaired) electrons. The fourth-order valence-electron chi connectivity index (χ4n) is 2.25. The van der Waals surface area contributed by atoms with E-state index in [-0.39, 0.29) is 16.8 Å². The zero-order valence-electron chi connectivity index (χ0n) is 11.0. The van der Waals surface area contributed by atoms with E-state index in [1.54, 1.807) is 18.2 Å². The van der Waals surface area contributed by atoms with Crippen LogP contribution in [0.15, 0.2) is 42.5 Å².